The molecule has 0 saturated carbocycles. The number of aromatic nitrogens is 4. The summed E-state index contributed by atoms with van der Waals surface area (Å²) in [6.45, 7) is 2.66. The van der Waals surface area contributed by atoms with Crippen molar-refractivity contribution in [2.45, 2.75) is 13.5 Å². The summed E-state index contributed by atoms with van der Waals surface area (Å²) in [5, 5.41) is 1.08. The van der Waals surface area contributed by atoms with Crippen molar-refractivity contribution in [1.82, 2.24) is 19.1 Å². The summed E-state index contributed by atoms with van der Waals surface area (Å²) in [6, 6.07) is 5.50. The molecule has 102 valence electrons. The number of hydrogen-bond acceptors (Lipinski definition) is 2. The highest BCUT2D eigenvalue weighted by molar-refractivity contribution is 6.42. The first-order valence-corrected chi connectivity index (χ1v) is 6.85. The fraction of sp³-hybridized carbons (Fsp3) is 0.143. The predicted octanol–water partition coefficient (Wildman–Crippen LogP) is 3.73. The molecular formula is C14H12Cl2N4. The van der Waals surface area contributed by atoms with Gasteiger partial charge in [-0.15, -0.1) is 0 Å². The van der Waals surface area contributed by atoms with Crippen molar-refractivity contribution in [3.05, 3.63) is 64.7 Å². The maximum absolute atomic E-state index is 6.03. The Morgan fingerprint density at radius 2 is 2.00 bits per heavy atom. The Morgan fingerprint density at radius 1 is 1.15 bits per heavy atom. The third-order valence-corrected chi connectivity index (χ3v) is 3.83. The Kier molecular flexibility index (Phi) is 3.51. The minimum atomic E-state index is 0.532. The van der Waals surface area contributed by atoms with Crippen LogP contribution in [0.4, 0.5) is 0 Å². The van der Waals surface area contributed by atoms with Crippen LogP contribution in [0.15, 0.2) is 43.1 Å². The van der Waals surface area contributed by atoms with E-state index < -0.39 is 0 Å². The van der Waals surface area contributed by atoms with E-state index in [1.165, 1.54) is 0 Å². The van der Waals surface area contributed by atoms with Crippen LogP contribution in [0, 0.1) is 6.92 Å². The van der Waals surface area contributed by atoms with Gasteiger partial charge < -0.3 is 9.13 Å². The quantitative estimate of drug-likeness (QED) is 0.739. The predicted molar refractivity (Wildman–Crippen MR) is 79.7 cm³/mol. The highest BCUT2D eigenvalue weighted by Crippen LogP contribution is 2.24. The smallest absolute Gasteiger partial charge is 0.105 e. The van der Waals surface area contributed by atoms with E-state index in [4.69, 9.17) is 23.2 Å². The van der Waals surface area contributed by atoms with Crippen molar-refractivity contribution >= 4 is 23.2 Å². The molecule has 0 spiro atoms. The van der Waals surface area contributed by atoms with Gasteiger partial charge in [-0.25, -0.2) is 9.97 Å². The van der Waals surface area contributed by atoms with Crippen LogP contribution >= 0.6 is 23.2 Å². The molecule has 3 rings (SSSR count). The fourth-order valence-electron chi connectivity index (χ4n) is 1.98. The molecule has 2 heterocycles. The van der Waals surface area contributed by atoms with Gasteiger partial charge in [0.15, 0.2) is 0 Å². The summed E-state index contributed by atoms with van der Waals surface area (Å²) >= 11 is 11.9. The van der Waals surface area contributed by atoms with E-state index >= 15 is 0 Å². The Labute approximate surface area is 126 Å². The third kappa shape index (κ3) is 2.57. The topological polar surface area (TPSA) is 35.6 Å². The van der Waals surface area contributed by atoms with Gasteiger partial charge in [-0.1, -0.05) is 23.2 Å². The van der Waals surface area contributed by atoms with Gasteiger partial charge in [0.05, 0.1) is 28.6 Å². The standard InChI is InChI=1S/C14H12Cl2N4/c1-10-17-4-5-19(10)7-11-8-20(9-18-11)12-2-3-13(15)14(16)6-12/h2-6,8-9H,7H2,1H3. The lowest BCUT2D eigenvalue weighted by Gasteiger charge is -2.04. The van der Waals surface area contributed by atoms with E-state index in [9.17, 15) is 0 Å². The SMILES string of the molecule is Cc1nccn1Cc1cn(-c2ccc(Cl)c(Cl)c2)cn1. The van der Waals surface area contributed by atoms with E-state index in [-0.39, 0.29) is 0 Å². The molecule has 6 heteroatoms. The molecule has 1 aromatic carbocycles. The zero-order valence-electron chi connectivity index (χ0n) is 10.8. The van der Waals surface area contributed by atoms with Crippen LogP contribution in [-0.4, -0.2) is 19.1 Å². The molecule has 0 aliphatic carbocycles. The molecule has 0 unspecified atom stereocenters. The highest BCUT2D eigenvalue weighted by atomic mass is 35.5. The van der Waals surface area contributed by atoms with Gasteiger partial charge in [0.2, 0.25) is 0 Å². The van der Waals surface area contributed by atoms with Crippen molar-refractivity contribution in [2.75, 3.05) is 0 Å². The minimum absolute atomic E-state index is 0.532. The molecule has 0 amide bonds. The van der Waals surface area contributed by atoms with Crippen molar-refractivity contribution in [1.29, 1.82) is 0 Å². The molecule has 0 saturated heterocycles. The van der Waals surface area contributed by atoms with Crippen LogP contribution in [0.3, 0.4) is 0 Å². The summed E-state index contributed by atoms with van der Waals surface area (Å²) < 4.78 is 3.96. The average molecular weight is 307 g/mol. The molecule has 0 radical (unpaired) electrons. The van der Waals surface area contributed by atoms with Crippen LogP contribution < -0.4 is 0 Å². The van der Waals surface area contributed by atoms with E-state index in [2.05, 4.69) is 9.97 Å². The number of rotatable bonds is 3. The zero-order chi connectivity index (χ0) is 14.1. The van der Waals surface area contributed by atoms with Crippen LogP contribution in [0.2, 0.25) is 10.0 Å². The first kappa shape index (κ1) is 13.2. The number of benzene rings is 1. The minimum Gasteiger partial charge on any atom is -0.329 e. The van der Waals surface area contributed by atoms with Crippen LogP contribution in [0.5, 0.6) is 0 Å². The second-order valence-corrected chi connectivity index (χ2v) is 5.29. The second kappa shape index (κ2) is 5.31. The molecule has 0 atom stereocenters. The van der Waals surface area contributed by atoms with Crippen LogP contribution in [-0.2, 0) is 6.54 Å². The number of halogens is 2. The summed E-state index contributed by atoms with van der Waals surface area (Å²) in [5.41, 5.74) is 1.89. The zero-order valence-corrected chi connectivity index (χ0v) is 12.3. The third-order valence-electron chi connectivity index (χ3n) is 3.09. The Hall–Kier alpha value is -1.78. The molecular weight excluding hydrogens is 295 g/mol. The van der Waals surface area contributed by atoms with Crippen molar-refractivity contribution in [3.63, 3.8) is 0 Å². The average Bonchev–Trinajstić information content (AvgIpc) is 3.04. The molecule has 0 fully saturated rings. The summed E-state index contributed by atoms with van der Waals surface area (Å²) in [4.78, 5) is 8.59. The maximum Gasteiger partial charge on any atom is 0.105 e. The molecule has 2 aromatic heterocycles. The number of aryl methyl sites for hydroxylation is 1. The Balaban J connectivity index is 1.86. The molecule has 0 aliphatic rings. The molecule has 0 bridgehead atoms. The number of hydrogen-bond donors (Lipinski definition) is 0. The fourth-order valence-corrected chi connectivity index (χ4v) is 2.27. The van der Waals surface area contributed by atoms with Crippen molar-refractivity contribution < 1.29 is 0 Å². The molecule has 0 aliphatic heterocycles. The first-order chi connectivity index (χ1) is 9.63. The molecule has 20 heavy (non-hydrogen) atoms. The van der Waals surface area contributed by atoms with Crippen molar-refractivity contribution in [3.8, 4) is 5.69 Å². The largest absolute Gasteiger partial charge is 0.329 e. The van der Waals surface area contributed by atoms with Gasteiger partial charge in [0.1, 0.15) is 5.82 Å². The summed E-state index contributed by atoms with van der Waals surface area (Å²) in [5.74, 6) is 0.967. The second-order valence-electron chi connectivity index (χ2n) is 4.47. The first-order valence-electron chi connectivity index (χ1n) is 6.09. The maximum atomic E-state index is 6.03. The number of imidazole rings is 2. The highest BCUT2D eigenvalue weighted by Gasteiger charge is 2.05. The van der Waals surface area contributed by atoms with Gasteiger partial charge in [0.25, 0.3) is 0 Å². The number of nitrogens with zero attached hydrogens (tertiary/aromatic N) is 4. The van der Waals surface area contributed by atoms with E-state index in [0.29, 0.717) is 16.6 Å². The van der Waals surface area contributed by atoms with Crippen LogP contribution in [0.25, 0.3) is 5.69 Å². The van der Waals surface area contributed by atoms with E-state index in [1.807, 2.05) is 40.6 Å². The molecule has 3 aromatic rings. The lowest BCUT2D eigenvalue weighted by molar-refractivity contribution is 0.746. The van der Waals surface area contributed by atoms with E-state index in [1.54, 1.807) is 18.6 Å². The van der Waals surface area contributed by atoms with Gasteiger partial charge in [-0.2, -0.15) is 0 Å². The van der Waals surface area contributed by atoms with Gasteiger partial charge in [-0.3, -0.25) is 0 Å². The summed E-state index contributed by atoms with van der Waals surface area (Å²) in [6.07, 6.45) is 7.46. The van der Waals surface area contributed by atoms with Gasteiger partial charge in [-0.05, 0) is 25.1 Å². The van der Waals surface area contributed by atoms with Crippen LogP contribution in [0.1, 0.15) is 11.5 Å². The normalized spacial score (nSPS) is 10.9. The monoisotopic (exact) mass is 306 g/mol. The summed E-state index contributed by atoms with van der Waals surface area (Å²) in [7, 11) is 0. The van der Waals surface area contributed by atoms with Crippen molar-refractivity contribution in [2.24, 2.45) is 0 Å². The molecule has 4 nitrogen and oxygen atoms in total. The Morgan fingerprint density at radius 3 is 2.70 bits per heavy atom. The lowest BCUT2D eigenvalue weighted by atomic mass is 10.3. The molecule has 0 N–H and O–H groups in total. The lowest BCUT2D eigenvalue weighted by Crippen LogP contribution is -2.00. The Bertz CT molecular complexity index is 745. The van der Waals surface area contributed by atoms with Gasteiger partial charge in [0, 0.05) is 24.3 Å². The van der Waals surface area contributed by atoms with E-state index in [0.717, 1.165) is 17.2 Å². The van der Waals surface area contributed by atoms with Gasteiger partial charge >= 0.3 is 0 Å².